The van der Waals surface area contributed by atoms with E-state index in [1.54, 1.807) is 12.1 Å². The van der Waals surface area contributed by atoms with Crippen LogP contribution >= 0.6 is 11.3 Å². The third-order valence-corrected chi connectivity index (χ3v) is 2.78. The van der Waals surface area contributed by atoms with E-state index in [0.717, 1.165) is 16.7 Å². The molecule has 1 aromatic heterocycles. The molecule has 84 valence electrons. The molecule has 0 aliphatic heterocycles. The molecule has 0 aliphatic rings. The Hall–Kier alpha value is -1.56. The quantitative estimate of drug-likeness (QED) is 0.833. The lowest BCUT2D eigenvalue weighted by Crippen LogP contribution is -2.04. The Kier molecular flexibility index (Phi) is 2.59. The van der Waals surface area contributed by atoms with Crippen molar-refractivity contribution in [2.45, 2.75) is 6.18 Å². The summed E-state index contributed by atoms with van der Waals surface area (Å²) >= 11 is 0.896. The highest BCUT2D eigenvalue weighted by Gasteiger charge is 2.33. The SMILES string of the molecule is Oc1cccc(-c2nc(C(F)(F)F)cs2)c1. The number of thiazole rings is 1. The van der Waals surface area contributed by atoms with E-state index in [1.807, 2.05) is 0 Å². The molecular formula is C10H6F3NOS. The Bertz CT molecular complexity index is 507. The van der Waals surface area contributed by atoms with Gasteiger partial charge in [0.25, 0.3) is 0 Å². The zero-order valence-electron chi connectivity index (χ0n) is 7.82. The maximum absolute atomic E-state index is 12.3. The van der Waals surface area contributed by atoms with E-state index in [-0.39, 0.29) is 10.8 Å². The van der Waals surface area contributed by atoms with Crippen LogP contribution in [0.25, 0.3) is 10.6 Å². The number of halogens is 3. The van der Waals surface area contributed by atoms with Crippen molar-refractivity contribution < 1.29 is 18.3 Å². The van der Waals surface area contributed by atoms with Gasteiger partial charge in [-0.1, -0.05) is 12.1 Å². The monoisotopic (exact) mass is 245 g/mol. The van der Waals surface area contributed by atoms with Crippen molar-refractivity contribution in [3.05, 3.63) is 35.3 Å². The van der Waals surface area contributed by atoms with Gasteiger partial charge < -0.3 is 5.11 Å². The minimum Gasteiger partial charge on any atom is -0.508 e. The van der Waals surface area contributed by atoms with Crippen molar-refractivity contribution in [2.75, 3.05) is 0 Å². The number of alkyl halides is 3. The topological polar surface area (TPSA) is 33.1 Å². The van der Waals surface area contributed by atoms with E-state index < -0.39 is 11.9 Å². The molecule has 0 fully saturated rings. The van der Waals surface area contributed by atoms with Gasteiger partial charge >= 0.3 is 6.18 Å². The number of hydrogen-bond donors (Lipinski definition) is 1. The highest BCUT2D eigenvalue weighted by Crippen LogP contribution is 2.34. The second-order valence-electron chi connectivity index (χ2n) is 3.09. The molecule has 0 amide bonds. The Morgan fingerprint density at radius 2 is 2.00 bits per heavy atom. The number of aromatic hydroxyl groups is 1. The summed E-state index contributed by atoms with van der Waals surface area (Å²) in [5.41, 5.74) is -0.434. The van der Waals surface area contributed by atoms with Gasteiger partial charge in [0.15, 0.2) is 5.69 Å². The van der Waals surface area contributed by atoms with Crippen LogP contribution in [0.5, 0.6) is 5.75 Å². The molecule has 0 saturated heterocycles. The first-order valence-electron chi connectivity index (χ1n) is 4.29. The molecule has 1 N–H and O–H groups in total. The fourth-order valence-electron chi connectivity index (χ4n) is 1.18. The van der Waals surface area contributed by atoms with Crippen LogP contribution < -0.4 is 0 Å². The predicted molar refractivity (Wildman–Crippen MR) is 54.2 cm³/mol. The molecule has 0 aliphatic carbocycles. The van der Waals surface area contributed by atoms with Crippen LogP contribution in [-0.4, -0.2) is 10.1 Å². The molecule has 0 bridgehead atoms. The summed E-state index contributed by atoms with van der Waals surface area (Å²) in [6.07, 6.45) is -4.43. The molecule has 2 rings (SSSR count). The van der Waals surface area contributed by atoms with Crippen LogP contribution in [0.1, 0.15) is 5.69 Å². The Labute approximate surface area is 93.0 Å². The van der Waals surface area contributed by atoms with Crippen LogP contribution in [0, 0.1) is 0 Å². The largest absolute Gasteiger partial charge is 0.508 e. The van der Waals surface area contributed by atoms with Crippen LogP contribution in [0.4, 0.5) is 13.2 Å². The molecule has 0 atom stereocenters. The van der Waals surface area contributed by atoms with E-state index in [2.05, 4.69) is 4.98 Å². The van der Waals surface area contributed by atoms with E-state index in [0.29, 0.717) is 5.56 Å². The minimum atomic E-state index is -4.43. The Balaban J connectivity index is 2.39. The van der Waals surface area contributed by atoms with Gasteiger partial charge in [0.05, 0.1) is 0 Å². The number of phenols is 1. The van der Waals surface area contributed by atoms with Crippen LogP contribution in [-0.2, 0) is 6.18 Å². The van der Waals surface area contributed by atoms with Crippen molar-refractivity contribution >= 4 is 11.3 Å². The van der Waals surface area contributed by atoms with Crippen LogP contribution in [0.15, 0.2) is 29.6 Å². The number of benzene rings is 1. The summed E-state index contributed by atoms with van der Waals surface area (Å²) < 4.78 is 36.9. The second-order valence-corrected chi connectivity index (χ2v) is 3.94. The van der Waals surface area contributed by atoms with Crippen molar-refractivity contribution in [1.82, 2.24) is 4.98 Å². The number of aromatic nitrogens is 1. The highest BCUT2D eigenvalue weighted by atomic mass is 32.1. The van der Waals surface area contributed by atoms with Gasteiger partial charge in [-0.25, -0.2) is 4.98 Å². The van der Waals surface area contributed by atoms with Crippen LogP contribution in [0.3, 0.4) is 0 Å². The fourth-order valence-corrected chi connectivity index (χ4v) is 2.00. The Morgan fingerprint density at radius 1 is 1.25 bits per heavy atom. The lowest BCUT2D eigenvalue weighted by Gasteiger charge is -2.00. The molecule has 0 spiro atoms. The van der Waals surface area contributed by atoms with Gasteiger partial charge in [0.2, 0.25) is 0 Å². The number of rotatable bonds is 1. The maximum atomic E-state index is 12.3. The van der Waals surface area contributed by atoms with Gasteiger partial charge in [-0.3, -0.25) is 0 Å². The minimum absolute atomic E-state index is 0.00117. The maximum Gasteiger partial charge on any atom is 0.434 e. The van der Waals surface area contributed by atoms with Gasteiger partial charge in [0.1, 0.15) is 10.8 Å². The molecule has 2 aromatic rings. The van der Waals surface area contributed by atoms with Crippen molar-refractivity contribution in [3.63, 3.8) is 0 Å². The zero-order valence-corrected chi connectivity index (χ0v) is 8.64. The van der Waals surface area contributed by atoms with Crippen molar-refractivity contribution in [2.24, 2.45) is 0 Å². The Morgan fingerprint density at radius 3 is 2.56 bits per heavy atom. The van der Waals surface area contributed by atoms with E-state index in [1.165, 1.54) is 12.1 Å². The summed E-state index contributed by atoms with van der Waals surface area (Å²) in [5.74, 6) is 0.00117. The van der Waals surface area contributed by atoms with Gasteiger partial charge in [-0.05, 0) is 12.1 Å². The molecule has 1 aromatic carbocycles. The predicted octanol–water partition coefficient (Wildman–Crippen LogP) is 3.53. The van der Waals surface area contributed by atoms with Crippen LogP contribution in [0.2, 0.25) is 0 Å². The molecule has 0 saturated carbocycles. The standard InChI is InChI=1S/C10H6F3NOS/c11-10(12,13)8-5-16-9(14-8)6-2-1-3-7(15)4-6/h1-5,15H. The van der Waals surface area contributed by atoms with E-state index >= 15 is 0 Å². The zero-order chi connectivity index (χ0) is 11.8. The number of nitrogens with zero attached hydrogens (tertiary/aromatic N) is 1. The third kappa shape index (κ3) is 2.16. The highest BCUT2D eigenvalue weighted by molar-refractivity contribution is 7.13. The van der Waals surface area contributed by atoms with E-state index in [4.69, 9.17) is 0 Å². The third-order valence-electron chi connectivity index (χ3n) is 1.89. The smallest absolute Gasteiger partial charge is 0.434 e. The summed E-state index contributed by atoms with van der Waals surface area (Å²) in [7, 11) is 0. The van der Waals surface area contributed by atoms with Gasteiger partial charge in [-0.2, -0.15) is 13.2 Å². The molecule has 1 heterocycles. The molecule has 0 radical (unpaired) electrons. The number of hydrogen-bond acceptors (Lipinski definition) is 3. The second kappa shape index (κ2) is 3.79. The normalized spacial score (nSPS) is 11.7. The molecule has 16 heavy (non-hydrogen) atoms. The summed E-state index contributed by atoms with van der Waals surface area (Å²) in [6.45, 7) is 0. The fraction of sp³-hybridized carbons (Fsp3) is 0.100. The van der Waals surface area contributed by atoms with Gasteiger partial charge in [0, 0.05) is 10.9 Å². The average Bonchev–Trinajstić information content (AvgIpc) is 2.65. The lowest BCUT2D eigenvalue weighted by molar-refractivity contribution is -0.140. The molecule has 0 unspecified atom stereocenters. The number of phenolic OH excluding ortho intramolecular Hbond substituents is 1. The summed E-state index contributed by atoms with van der Waals surface area (Å²) in [5, 5.41) is 10.4. The van der Waals surface area contributed by atoms with E-state index in [9.17, 15) is 18.3 Å². The van der Waals surface area contributed by atoms with Crippen molar-refractivity contribution in [3.8, 4) is 16.3 Å². The molecule has 2 nitrogen and oxygen atoms in total. The van der Waals surface area contributed by atoms with Crippen molar-refractivity contribution in [1.29, 1.82) is 0 Å². The summed E-state index contributed by atoms with van der Waals surface area (Å²) in [6, 6.07) is 5.97. The first-order valence-corrected chi connectivity index (χ1v) is 5.17. The first-order chi connectivity index (χ1) is 7.47. The average molecular weight is 245 g/mol. The van der Waals surface area contributed by atoms with Gasteiger partial charge in [-0.15, -0.1) is 11.3 Å². The molecular weight excluding hydrogens is 239 g/mol. The first kappa shape index (κ1) is 10.9. The summed E-state index contributed by atoms with van der Waals surface area (Å²) in [4.78, 5) is 3.48. The lowest BCUT2D eigenvalue weighted by atomic mass is 10.2. The molecule has 6 heteroatoms.